The zero-order chi connectivity index (χ0) is 21.4. The molecule has 0 radical (unpaired) electrons. The van der Waals surface area contributed by atoms with Gasteiger partial charge < -0.3 is 15.2 Å². The van der Waals surface area contributed by atoms with Gasteiger partial charge in [-0.2, -0.15) is 13.2 Å². The number of hydrogen-bond acceptors (Lipinski definition) is 4. The topological polar surface area (TPSA) is 71.5 Å². The van der Waals surface area contributed by atoms with Crippen molar-refractivity contribution < 1.29 is 27.8 Å². The third-order valence-electron chi connectivity index (χ3n) is 4.78. The van der Waals surface area contributed by atoms with Crippen molar-refractivity contribution in [3.05, 3.63) is 47.7 Å². The van der Waals surface area contributed by atoms with Crippen LogP contribution in [0.1, 0.15) is 35.2 Å². The Morgan fingerprint density at radius 2 is 2.10 bits per heavy atom. The van der Waals surface area contributed by atoms with Crippen LogP contribution in [0, 0.1) is 5.92 Å². The van der Waals surface area contributed by atoms with Crippen molar-refractivity contribution in [2.24, 2.45) is 5.92 Å². The predicted molar refractivity (Wildman–Crippen MR) is 105 cm³/mol. The summed E-state index contributed by atoms with van der Waals surface area (Å²) in [5, 5.41) is 10.5. The number of carbonyl (C=O) groups is 1. The fourth-order valence-corrected chi connectivity index (χ4v) is 3.29. The van der Waals surface area contributed by atoms with Gasteiger partial charge in [-0.1, -0.05) is 24.3 Å². The van der Waals surface area contributed by atoms with Crippen LogP contribution in [-0.4, -0.2) is 49.5 Å². The van der Waals surface area contributed by atoms with Crippen molar-refractivity contribution >= 4 is 22.4 Å². The average Bonchev–Trinajstić information content (AvgIpc) is 2.74. The first-order chi connectivity index (χ1) is 13.9. The van der Waals surface area contributed by atoms with E-state index in [0.29, 0.717) is 30.7 Å². The first-order valence-corrected chi connectivity index (χ1v) is 9.27. The number of amides is 1. The summed E-state index contributed by atoms with van der Waals surface area (Å²) in [6.45, 7) is 0.824. The second-order valence-corrected chi connectivity index (χ2v) is 6.59. The fourth-order valence-electron chi connectivity index (χ4n) is 3.29. The lowest BCUT2D eigenvalue weighted by molar-refractivity contribution is -0.175. The predicted octanol–water partition coefficient (Wildman–Crippen LogP) is 3.97. The number of nitrogens with zero attached hydrogens (tertiary/aromatic N) is 1. The Kier molecular flexibility index (Phi) is 8.16. The van der Waals surface area contributed by atoms with Crippen LogP contribution in [0.5, 0.6) is 0 Å². The number of aromatic nitrogens is 1. The molecular formula is C21H25F3N2O3. The van der Waals surface area contributed by atoms with E-state index < -0.39 is 12.1 Å². The highest BCUT2D eigenvalue weighted by atomic mass is 19.4. The Morgan fingerprint density at radius 3 is 2.72 bits per heavy atom. The van der Waals surface area contributed by atoms with Gasteiger partial charge in [0.05, 0.1) is 23.6 Å². The number of halogens is 3. The highest BCUT2D eigenvalue weighted by Crippen LogP contribution is 2.40. The lowest BCUT2D eigenvalue weighted by Gasteiger charge is -2.24. The number of carbonyl (C=O) groups excluding carboxylic acids is 1. The Morgan fingerprint density at radius 1 is 1.34 bits per heavy atom. The minimum Gasteiger partial charge on any atom is -0.400 e. The molecule has 5 nitrogen and oxygen atoms in total. The van der Waals surface area contributed by atoms with E-state index in [0.717, 1.165) is 23.6 Å². The molecule has 1 aliphatic rings. The quantitative estimate of drug-likeness (QED) is 0.732. The average molecular weight is 410 g/mol. The van der Waals surface area contributed by atoms with Crippen LogP contribution in [0.4, 0.5) is 13.2 Å². The summed E-state index contributed by atoms with van der Waals surface area (Å²) in [7, 11) is 2.56. The van der Waals surface area contributed by atoms with Crippen LogP contribution in [0.15, 0.2) is 36.5 Å². The number of benzene rings is 1. The van der Waals surface area contributed by atoms with Crippen molar-refractivity contribution in [2.45, 2.75) is 25.4 Å². The lowest BCUT2D eigenvalue weighted by Crippen LogP contribution is -2.27. The molecule has 2 aromatic rings. The summed E-state index contributed by atoms with van der Waals surface area (Å²) >= 11 is 0. The van der Waals surface area contributed by atoms with Gasteiger partial charge in [-0.15, -0.1) is 0 Å². The number of pyridine rings is 1. The van der Waals surface area contributed by atoms with E-state index in [4.69, 9.17) is 9.84 Å². The van der Waals surface area contributed by atoms with Crippen molar-refractivity contribution in [3.8, 4) is 0 Å². The summed E-state index contributed by atoms with van der Waals surface area (Å²) in [6.07, 6.45) is -0.533. The van der Waals surface area contributed by atoms with Crippen LogP contribution in [0.2, 0.25) is 0 Å². The highest BCUT2D eigenvalue weighted by molar-refractivity contribution is 5.99. The first-order valence-electron chi connectivity index (χ1n) is 9.27. The summed E-state index contributed by atoms with van der Waals surface area (Å²) in [4.78, 5) is 16.6. The van der Waals surface area contributed by atoms with Gasteiger partial charge in [0.2, 0.25) is 0 Å². The maximum Gasteiger partial charge on any atom is 0.392 e. The van der Waals surface area contributed by atoms with Gasteiger partial charge in [0.25, 0.3) is 5.91 Å². The maximum atomic E-state index is 12.9. The van der Waals surface area contributed by atoms with Gasteiger partial charge in [0, 0.05) is 37.9 Å². The minimum absolute atomic E-state index is 0.00475. The zero-order valence-electron chi connectivity index (χ0n) is 16.4. The molecule has 0 spiro atoms. The van der Waals surface area contributed by atoms with Crippen LogP contribution in [0.25, 0.3) is 16.5 Å². The number of alkyl halides is 3. The molecule has 1 atom stereocenters. The Hall–Kier alpha value is -2.45. The molecule has 0 aliphatic heterocycles. The molecule has 1 unspecified atom stereocenters. The van der Waals surface area contributed by atoms with E-state index in [1.54, 1.807) is 19.3 Å². The molecule has 2 N–H and O–H groups in total. The molecule has 1 aromatic carbocycles. The third kappa shape index (κ3) is 5.77. The molecule has 8 heteroatoms. The van der Waals surface area contributed by atoms with Gasteiger partial charge in [-0.25, -0.2) is 0 Å². The Labute approximate surface area is 167 Å². The van der Waals surface area contributed by atoms with Crippen LogP contribution in [0.3, 0.4) is 0 Å². The molecule has 3 rings (SSSR count). The second kappa shape index (κ2) is 10.4. The number of ether oxygens (including phenoxy) is 1. The fraction of sp³-hybridized carbons (Fsp3) is 0.429. The number of fused-ring (bicyclic) bond motifs is 1. The van der Waals surface area contributed by atoms with Crippen molar-refractivity contribution in [1.82, 2.24) is 10.3 Å². The van der Waals surface area contributed by atoms with Gasteiger partial charge in [0.1, 0.15) is 0 Å². The molecule has 0 saturated heterocycles. The van der Waals surface area contributed by atoms with Crippen LogP contribution >= 0.6 is 0 Å². The molecule has 158 valence electrons. The van der Waals surface area contributed by atoms with Crippen molar-refractivity contribution in [1.29, 1.82) is 0 Å². The molecular weight excluding hydrogens is 385 g/mol. The highest BCUT2D eigenvalue weighted by Gasteiger charge is 2.39. The lowest BCUT2D eigenvalue weighted by atomic mass is 9.85. The van der Waals surface area contributed by atoms with E-state index >= 15 is 0 Å². The molecule has 1 heterocycles. The number of para-hydroxylation sites is 1. The number of aliphatic hydroxyl groups excluding tert-OH is 1. The number of rotatable bonds is 5. The molecule has 1 amide bonds. The minimum atomic E-state index is -4.15. The summed E-state index contributed by atoms with van der Waals surface area (Å²) in [6, 6.07) is 7.30. The maximum absolute atomic E-state index is 12.9. The van der Waals surface area contributed by atoms with E-state index in [1.165, 1.54) is 6.20 Å². The Balaban J connectivity index is 0.00000145. The van der Waals surface area contributed by atoms with Crippen LogP contribution < -0.4 is 5.32 Å². The number of methoxy groups -OCH3 is 1. The van der Waals surface area contributed by atoms with Crippen LogP contribution in [-0.2, 0) is 4.74 Å². The standard InChI is InChI=1S/C20H21F3N2O2.CH4O/c1-27-10-9-24-19(26)15-11-14-3-2-4-17(18(14)25-12-15)13-5-7-16(8-6-13)20(21,22)23;1-2/h2-5,11-12,16H,6-10H2,1H3,(H,24,26);2H,1H3. The number of allylic oxidation sites excluding steroid dienone is 2. The monoisotopic (exact) mass is 410 g/mol. The van der Waals surface area contributed by atoms with E-state index in [1.807, 2.05) is 18.2 Å². The van der Waals surface area contributed by atoms with Gasteiger partial charge in [-0.05, 0) is 30.9 Å². The normalized spacial score (nSPS) is 16.6. The van der Waals surface area contributed by atoms with Gasteiger partial charge in [0.15, 0.2) is 0 Å². The largest absolute Gasteiger partial charge is 0.400 e. The third-order valence-corrected chi connectivity index (χ3v) is 4.78. The molecule has 1 aliphatic carbocycles. The first kappa shape index (κ1) is 22.8. The molecule has 29 heavy (non-hydrogen) atoms. The molecule has 1 aromatic heterocycles. The Bertz CT molecular complexity index is 866. The number of aliphatic hydroxyl groups is 1. The smallest absolute Gasteiger partial charge is 0.392 e. The summed E-state index contributed by atoms with van der Waals surface area (Å²) in [5.41, 5.74) is 2.85. The van der Waals surface area contributed by atoms with Crippen molar-refractivity contribution in [3.63, 3.8) is 0 Å². The van der Waals surface area contributed by atoms with E-state index in [9.17, 15) is 18.0 Å². The molecule has 0 fully saturated rings. The van der Waals surface area contributed by atoms with E-state index in [-0.39, 0.29) is 18.7 Å². The van der Waals surface area contributed by atoms with E-state index in [2.05, 4.69) is 10.3 Å². The summed E-state index contributed by atoms with van der Waals surface area (Å²) in [5.74, 6) is -1.51. The second-order valence-electron chi connectivity index (χ2n) is 6.59. The SMILES string of the molecule is CO.COCCNC(=O)c1cnc2c(C3=CCC(C(F)(F)F)CC3)cccc2c1. The van der Waals surface area contributed by atoms with Gasteiger partial charge in [-0.3, -0.25) is 9.78 Å². The zero-order valence-corrected chi connectivity index (χ0v) is 16.4. The molecule has 0 bridgehead atoms. The molecule has 0 saturated carbocycles. The van der Waals surface area contributed by atoms with Gasteiger partial charge >= 0.3 is 6.18 Å². The number of nitrogens with one attached hydrogen (secondary N) is 1. The summed E-state index contributed by atoms with van der Waals surface area (Å²) < 4.78 is 43.5. The number of hydrogen-bond donors (Lipinski definition) is 2. The van der Waals surface area contributed by atoms with Crippen molar-refractivity contribution in [2.75, 3.05) is 27.4 Å².